The topological polar surface area (TPSA) is 94.3 Å². The van der Waals surface area contributed by atoms with E-state index in [1.54, 1.807) is 4.68 Å². The van der Waals surface area contributed by atoms with Gasteiger partial charge in [0.05, 0.1) is 13.1 Å². The highest BCUT2D eigenvalue weighted by Gasteiger charge is 2.14. The van der Waals surface area contributed by atoms with Crippen molar-refractivity contribution in [2.45, 2.75) is 71.9 Å². The Balaban J connectivity index is 1.52. The van der Waals surface area contributed by atoms with Crippen LogP contribution in [-0.4, -0.2) is 35.0 Å². The molecule has 2 aromatic carbocycles. The van der Waals surface area contributed by atoms with E-state index in [9.17, 15) is 4.79 Å². The average molecular weight is 486 g/mol. The predicted octanol–water partition coefficient (Wildman–Crippen LogP) is 5.42. The maximum absolute atomic E-state index is 13.1. The first-order chi connectivity index (χ1) is 17.7. The number of aromatic amines is 1. The van der Waals surface area contributed by atoms with Gasteiger partial charge in [0, 0.05) is 12.0 Å². The number of aromatic nitrogens is 7. The van der Waals surface area contributed by atoms with Crippen LogP contribution in [0, 0.1) is 0 Å². The Morgan fingerprint density at radius 2 is 1.69 bits per heavy atom. The fourth-order valence-electron chi connectivity index (χ4n) is 4.40. The molecule has 1 N–H and O–H groups in total. The smallest absolute Gasteiger partial charge is 0.274 e. The number of allylic oxidation sites excluding steroid dienone is 2. The van der Waals surface area contributed by atoms with Crippen LogP contribution in [0.1, 0.15) is 63.8 Å². The lowest BCUT2D eigenvalue weighted by Gasteiger charge is -2.09. The molecule has 0 bridgehead atoms. The third kappa shape index (κ3) is 6.24. The molecule has 0 radical (unpaired) electrons. The summed E-state index contributed by atoms with van der Waals surface area (Å²) < 4.78 is 3.40. The molecular weight excluding hydrogens is 450 g/mol. The molecule has 0 aliphatic carbocycles. The number of nitrogens with one attached hydrogen (secondary N) is 1. The summed E-state index contributed by atoms with van der Waals surface area (Å²) in [5.41, 5.74) is 4.06. The fourth-order valence-corrected chi connectivity index (χ4v) is 4.40. The maximum Gasteiger partial charge on any atom is 0.346 e. The lowest BCUT2D eigenvalue weighted by atomic mass is 9.98. The van der Waals surface area contributed by atoms with Gasteiger partial charge in [-0.2, -0.15) is 5.10 Å². The minimum absolute atomic E-state index is 0.0543. The van der Waals surface area contributed by atoms with Crippen molar-refractivity contribution in [3.63, 3.8) is 0 Å². The molecule has 0 amide bonds. The third-order valence-electron chi connectivity index (χ3n) is 6.40. The summed E-state index contributed by atoms with van der Waals surface area (Å²) in [5, 5.41) is 19.0. The van der Waals surface area contributed by atoms with E-state index in [4.69, 9.17) is 0 Å². The summed E-state index contributed by atoms with van der Waals surface area (Å²) in [7, 11) is 0. The van der Waals surface area contributed by atoms with Gasteiger partial charge in [-0.1, -0.05) is 99.7 Å². The maximum atomic E-state index is 13.1. The van der Waals surface area contributed by atoms with E-state index >= 15 is 0 Å². The van der Waals surface area contributed by atoms with Crippen LogP contribution in [0.3, 0.4) is 0 Å². The second-order valence-electron chi connectivity index (χ2n) is 9.05. The molecule has 8 heteroatoms. The van der Waals surface area contributed by atoms with Crippen molar-refractivity contribution >= 4 is 0 Å². The highest BCUT2D eigenvalue weighted by Crippen LogP contribution is 2.29. The van der Waals surface area contributed by atoms with E-state index < -0.39 is 0 Å². The Morgan fingerprint density at radius 1 is 0.944 bits per heavy atom. The summed E-state index contributed by atoms with van der Waals surface area (Å²) in [6, 6.07) is 16.4. The van der Waals surface area contributed by atoms with Crippen molar-refractivity contribution in [3.05, 3.63) is 82.6 Å². The molecular formula is C28H35N7O. The van der Waals surface area contributed by atoms with Crippen LogP contribution in [0.4, 0.5) is 0 Å². The molecule has 4 rings (SSSR count). The van der Waals surface area contributed by atoms with Gasteiger partial charge in [-0.25, -0.2) is 14.6 Å². The quantitative estimate of drug-likeness (QED) is 0.202. The van der Waals surface area contributed by atoms with Crippen molar-refractivity contribution in [1.29, 1.82) is 0 Å². The number of hydrogen-bond donors (Lipinski definition) is 1. The van der Waals surface area contributed by atoms with Gasteiger partial charge in [-0.05, 0) is 40.5 Å². The lowest BCUT2D eigenvalue weighted by Crippen LogP contribution is -2.25. The first kappa shape index (κ1) is 25.3. The van der Waals surface area contributed by atoms with Gasteiger partial charge in [-0.3, -0.25) is 4.57 Å². The van der Waals surface area contributed by atoms with Crippen LogP contribution in [0.2, 0.25) is 0 Å². The van der Waals surface area contributed by atoms with Gasteiger partial charge >= 0.3 is 5.69 Å². The largest absolute Gasteiger partial charge is 0.346 e. The van der Waals surface area contributed by atoms with E-state index in [1.807, 2.05) is 41.8 Å². The van der Waals surface area contributed by atoms with E-state index in [2.05, 4.69) is 63.0 Å². The number of tetrazole rings is 1. The Labute approximate surface area is 212 Å². The number of hydrogen-bond acceptors (Lipinski definition) is 5. The molecule has 8 nitrogen and oxygen atoms in total. The SMILES string of the molecule is CC=CCn1nc(CCCCCCCC)n(Cc2ccc(-c3ccccc3-c3nnn[nH]3)cc2)c1=O. The summed E-state index contributed by atoms with van der Waals surface area (Å²) >= 11 is 0. The van der Waals surface area contributed by atoms with E-state index in [0.29, 0.717) is 18.9 Å². The molecule has 0 unspecified atom stereocenters. The first-order valence-electron chi connectivity index (χ1n) is 12.9. The highest BCUT2D eigenvalue weighted by atomic mass is 16.2. The van der Waals surface area contributed by atoms with Gasteiger partial charge in [-0.15, -0.1) is 5.10 Å². The van der Waals surface area contributed by atoms with Gasteiger partial charge in [0.2, 0.25) is 0 Å². The van der Waals surface area contributed by atoms with Crippen molar-refractivity contribution < 1.29 is 0 Å². The molecule has 36 heavy (non-hydrogen) atoms. The van der Waals surface area contributed by atoms with Crippen LogP contribution in [0.5, 0.6) is 0 Å². The number of aryl methyl sites for hydroxylation is 1. The van der Waals surface area contributed by atoms with Gasteiger partial charge in [0.15, 0.2) is 5.82 Å². The molecule has 0 atom stereocenters. The molecule has 0 saturated carbocycles. The molecule has 2 aromatic heterocycles. The van der Waals surface area contributed by atoms with Crippen molar-refractivity contribution in [1.82, 2.24) is 35.0 Å². The van der Waals surface area contributed by atoms with Crippen LogP contribution in [0.25, 0.3) is 22.5 Å². The molecule has 2 heterocycles. The van der Waals surface area contributed by atoms with Crippen molar-refractivity contribution in [2.75, 3.05) is 0 Å². The van der Waals surface area contributed by atoms with E-state index in [1.165, 1.54) is 32.1 Å². The minimum atomic E-state index is -0.0543. The number of benzene rings is 2. The van der Waals surface area contributed by atoms with Crippen LogP contribution >= 0.6 is 0 Å². The van der Waals surface area contributed by atoms with Crippen LogP contribution in [-0.2, 0) is 19.5 Å². The van der Waals surface area contributed by atoms with Crippen molar-refractivity contribution in [2.24, 2.45) is 0 Å². The molecule has 0 fully saturated rings. The zero-order valence-electron chi connectivity index (χ0n) is 21.2. The fraction of sp³-hybridized carbons (Fsp3) is 0.393. The molecule has 0 spiro atoms. The number of H-pyrrole nitrogens is 1. The molecule has 4 aromatic rings. The van der Waals surface area contributed by atoms with Gasteiger partial charge < -0.3 is 0 Å². The number of rotatable bonds is 13. The first-order valence-corrected chi connectivity index (χ1v) is 12.9. The van der Waals surface area contributed by atoms with Crippen molar-refractivity contribution in [3.8, 4) is 22.5 Å². The monoisotopic (exact) mass is 485 g/mol. The highest BCUT2D eigenvalue weighted by molar-refractivity contribution is 5.80. The molecule has 0 saturated heterocycles. The zero-order valence-corrected chi connectivity index (χ0v) is 21.2. The zero-order chi connectivity index (χ0) is 25.2. The summed E-state index contributed by atoms with van der Waals surface area (Å²) in [6.07, 6.45) is 12.0. The second kappa shape index (κ2) is 12.8. The minimum Gasteiger partial charge on any atom is -0.274 e. The third-order valence-corrected chi connectivity index (χ3v) is 6.40. The second-order valence-corrected chi connectivity index (χ2v) is 9.05. The van der Waals surface area contributed by atoms with Crippen LogP contribution in [0.15, 0.2) is 65.5 Å². The van der Waals surface area contributed by atoms with Gasteiger partial charge in [0.25, 0.3) is 0 Å². The van der Waals surface area contributed by atoms with E-state index in [0.717, 1.165) is 40.9 Å². The molecule has 0 aliphatic rings. The van der Waals surface area contributed by atoms with Gasteiger partial charge in [0.1, 0.15) is 5.82 Å². The predicted molar refractivity (Wildman–Crippen MR) is 143 cm³/mol. The Hall–Kier alpha value is -3.81. The average Bonchev–Trinajstić information content (AvgIpc) is 3.55. The summed E-state index contributed by atoms with van der Waals surface area (Å²) in [5.74, 6) is 1.50. The Morgan fingerprint density at radius 3 is 2.42 bits per heavy atom. The van der Waals surface area contributed by atoms with E-state index in [-0.39, 0.29) is 5.69 Å². The molecule has 188 valence electrons. The lowest BCUT2D eigenvalue weighted by molar-refractivity contribution is 0.587. The summed E-state index contributed by atoms with van der Waals surface area (Å²) in [4.78, 5) is 13.1. The Kier molecular flexibility index (Phi) is 8.97. The standard InChI is InChI=1S/C28H35N7O/c1-3-5-7-8-9-10-15-26-31-35(20-6-4-2)28(36)34(26)21-22-16-18-23(19-17-22)24-13-11-12-14-25(24)27-29-32-33-30-27/h4,6,11-14,16-19H,3,5,7-10,15,20-21H2,1-2H3,(H,29,30,32,33). The normalized spacial score (nSPS) is 11.5. The number of unbranched alkanes of at least 4 members (excludes halogenated alkanes) is 5. The summed E-state index contributed by atoms with van der Waals surface area (Å²) in [6.45, 7) is 5.19. The Bertz CT molecular complexity index is 1300. The number of nitrogens with zero attached hydrogens (tertiary/aromatic N) is 6. The van der Waals surface area contributed by atoms with Crippen LogP contribution < -0.4 is 5.69 Å². The molecule has 0 aliphatic heterocycles.